The highest BCUT2D eigenvalue weighted by Gasteiger charge is 2.06. The zero-order valence-electron chi connectivity index (χ0n) is 10.1. The van der Waals surface area contributed by atoms with Crippen molar-refractivity contribution in [2.75, 3.05) is 11.9 Å². The van der Waals surface area contributed by atoms with E-state index in [9.17, 15) is 4.79 Å². The Morgan fingerprint density at radius 2 is 2.16 bits per heavy atom. The fraction of sp³-hybridized carbons (Fsp3) is 0.143. The SMILES string of the molecule is N#Cc1ccccc1NC(=O)COCc1ccco1. The van der Waals surface area contributed by atoms with Gasteiger partial charge in [-0.25, -0.2) is 0 Å². The summed E-state index contributed by atoms with van der Waals surface area (Å²) < 4.78 is 10.3. The van der Waals surface area contributed by atoms with Crippen LogP contribution in [-0.4, -0.2) is 12.5 Å². The van der Waals surface area contributed by atoms with E-state index in [2.05, 4.69) is 5.32 Å². The van der Waals surface area contributed by atoms with Crippen LogP contribution in [-0.2, 0) is 16.1 Å². The van der Waals surface area contributed by atoms with E-state index in [4.69, 9.17) is 14.4 Å². The first kappa shape index (κ1) is 12.9. The first-order valence-electron chi connectivity index (χ1n) is 5.68. The second-order valence-electron chi connectivity index (χ2n) is 3.78. The van der Waals surface area contributed by atoms with Gasteiger partial charge in [0.05, 0.1) is 17.5 Å². The molecule has 2 aromatic rings. The number of nitrogens with one attached hydrogen (secondary N) is 1. The minimum Gasteiger partial charge on any atom is -0.467 e. The zero-order chi connectivity index (χ0) is 13.5. The van der Waals surface area contributed by atoms with Gasteiger partial charge in [-0.1, -0.05) is 12.1 Å². The molecule has 19 heavy (non-hydrogen) atoms. The Kier molecular flexibility index (Phi) is 4.32. The van der Waals surface area contributed by atoms with Gasteiger partial charge in [-0.3, -0.25) is 4.79 Å². The Morgan fingerprint density at radius 1 is 1.32 bits per heavy atom. The molecule has 0 saturated heterocycles. The van der Waals surface area contributed by atoms with E-state index in [-0.39, 0.29) is 19.1 Å². The maximum atomic E-state index is 11.6. The van der Waals surface area contributed by atoms with Gasteiger partial charge in [0, 0.05) is 0 Å². The van der Waals surface area contributed by atoms with Crippen molar-refractivity contribution in [3.8, 4) is 6.07 Å². The van der Waals surface area contributed by atoms with Crippen molar-refractivity contribution in [3.63, 3.8) is 0 Å². The van der Waals surface area contributed by atoms with Crippen LogP contribution in [0.1, 0.15) is 11.3 Å². The normalized spacial score (nSPS) is 9.84. The highest BCUT2D eigenvalue weighted by Crippen LogP contribution is 2.13. The molecule has 5 nitrogen and oxygen atoms in total. The van der Waals surface area contributed by atoms with Crippen LogP contribution in [0, 0.1) is 11.3 Å². The van der Waals surface area contributed by atoms with Gasteiger partial charge in [0.15, 0.2) is 0 Å². The minimum atomic E-state index is -0.311. The molecule has 0 bridgehead atoms. The summed E-state index contributed by atoms with van der Waals surface area (Å²) in [6.45, 7) is 0.140. The molecule has 1 N–H and O–H groups in total. The van der Waals surface area contributed by atoms with Crippen LogP contribution in [0.25, 0.3) is 0 Å². The smallest absolute Gasteiger partial charge is 0.250 e. The summed E-state index contributed by atoms with van der Waals surface area (Å²) in [5.41, 5.74) is 0.901. The van der Waals surface area contributed by atoms with Gasteiger partial charge < -0.3 is 14.5 Å². The van der Waals surface area contributed by atoms with Crippen molar-refractivity contribution < 1.29 is 13.9 Å². The number of nitriles is 1. The van der Waals surface area contributed by atoms with Crippen molar-refractivity contribution in [2.24, 2.45) is 0 Å². The average Bonchev–Trinajstić information content (AvgIpc) is 2.92. The van der Waals surface area contributed by atoms with E-state index in [0.29, 0.717) is 17.0 Å². The predicted molar refractivity (Wildman–Crippen MR) is 68.2 cm³/mol. The average molecular weight is 256 g/mol. The Bertz CT molecular complexity index is 585. The van der Waals surface area contributed by atoms with Crippen molar-refractivity contribution in [1.82, 2.24) is 0 Å². The van der Waals surface area contributed by atoms with Crippen molar-refractivity contribution in [2.45, 2.75) is 6.61 Å². The number of furan rings is 1. The van der Waals surface area contributed by atoms with Crippen LogP contribution in [0.2, 0.25) is 0 Å². The zero-order valence-corrected chi connectivity index (χ0v) is 10.1. The molecule has 1 heterocycles. The van der Waals surface area contributed by atoms with Crippen molar-refractivity contribution >= 4 is 11.6 Å². The fourth-order valence-electron chi connectivity index (χ4n) is 1.51. The molecule has 0 atom stereocenters. The van der Waals surface area contributed by atoms with Gasteiger partial charge in [0.2, 0.25) is 5.91 Å². The summed E-state index contributed by atoms with van der Waals surface area (Å²) in [6, 6.07) is 12.3. The second-order valence-corrected chi connectivity index (χ2v) is 3.78. The lowest BCUT2D eigenvalue weighted by Gasteiger charge is -2.06. The van der Waals surface area contributed by atoms with Crippen LogP contribution in [0.4, 0.5) is 5.69 Å². The van der Waals surface area contributed by atoms with E-state index in [1.807, 2.05) is 6.07 Å². The van der Waals surface area contributed by atoms with Crippen LogP contribution in [0.3, 0.4) is 0 Å². The highest BCUT2D eigenvalue weighted by molar-refractivity contribution is 5.92. The maximum Gasteiger partial charge on any atom is 0.250 e. The molecule has 5 heteroatoms. The summed E-state index contributed by atoms with van der Waals surface area (Å²) >= 11 is 0. The quantitative estimate of drug-likeness (QED) is 0.890. The third kappa shape index (κ3) is 3.69. The van der Waals surface area contributed by atoms with Gasteiger partial charge >= 0.3 is 0 Å². The molecule has 0 saturated carbocycles. The van der Waals surface area contributed by atoms with Gasteiger partial charge in [0.1, 0.15) is 25.0 Å². The first-order valence-corrected chi connectivity index (χ1v) is 5.68. The van der Waals surface area contributed by atoms with E-state index in [0.717, 1.165) is 0 Å². The van der Waals surface area contributed by atoms with Crippen LogP contribution in [0.15, 0.2) is 47.1 Å². The molecule has 0 fully saturated rings. The van der Waals surface area contributed by atoms with Crippen LogP contribution < -0.4 is 5.32 Å². The van der Waals surface area contributed by atoms with E-state index < -0.39 is 0 Å². The van der Waals surface area contributed by atoms with Crippen molar-refractivity contribution in [1.29, 1.82) is 5.26 Å². The standard InChI is InChI=1S/C14H12N2O3/c15-8-11-4-1-2-6-13(11)16-14(17)10-18-9-12-5-3-7-19-12/h1-7H,9-10H2,(H,16,17). The molecule has 0 unspecified atom stereocenters. The molecular weight excluding hydrogens is 244 g/mol. The fourth-order valence-corrected chi connectivity index (χ4v) is 1.51. The molecule has 96 valence electrons. The van der Waals surface area contributed by atoms with Gasteiger partial charge in [-0.15, -0.1) is 0 Å². The monoisotopic (exact) mass is 256 g/mol. The second kappa shape index (κ2) is 6.38. The number of amides is 1. The summed E-state index contributed by atoms with van der Waals surface area (Å²) in [5.74, 6) is 0.347. The Balaban J connectivity index is 1.83. The summed E-state index contributed by atoms with van der Waals surface area (Å²) in [5, 5.41) is 11.5. The van der Waals surface area contributed by atoms with Crippen LogP contribution in [0.5, 0.6) is 0 Å². The predicted octanol–water partition coefficient (Wildman–Crippen LogP) is 2.31. The number of para-hydroxylation sites is 1. The number of hydrogen-bond acceptors (Lipinski definition) is 4. The number of carbonyl (C=O) groups excluding carboxylic acids is 1. The largest absolute Gasteiger partial charge is 0.467 e. The lowest BCUT2D eigenvalue weighted by atomic mass is 10.2. The minimum absolute atomic E-state index is 0.0968. The number of rotatable bonds is 5. The first-order chi connectivity index (χ1) is 9.29. The Hall–Kier alpha value is -2.58. The highest BCUT2D eigenvalue weighted by atomic mass is 16.5. The number of hydrogen-bond donors (Lipinski definition) is 1. The molecular formula is C14H12N2O3. The van der Waals surface area contributed by atoms with Gasteiger partial charge in [-0.05, 0) is 24.3 Å². The van der Waals surface area contributed by atoms with Crippen LogP contribution >= 0.6 is 0 Å². The maximum absolute atomic E-state index is 11.6. The van der Waals surface area contributed by atoms with E-state index >= 15 is 0 Å². The molecule has 1 amide bonds. The molecule has 0 aliphatic carbocycles. The lowest BCUT2D eigenvalue weighted by molar-refractivity contribution is -0.121. The summed E-state index contributed by atoms with van der Waals surface area (Å²) in [4.78, 5) is 11.6. The number of anilines is 1. The van der Waals surface area contributed by atoms with E-state index in [1.165, 1.54) is 0 Å². The number of carbonyl (C=O) groups is 1. The van der Waals surface area contributed by atoms with Crippen molar-refractivity contribution in [3.05, 3.63) is 54.0 Å². The third-order valence-electron chi connectivity index (χ3n) is 2.38. The molecule has 1 aromatic carbocycles. The summed E-state index contributed by atoms with van der Waals surface area (Å²) in [6.07, 6.45) is 1.54. The molecule has 0 spiro atoms. The lowest BCUT2D eigenvalue weighted by Crippen LogP contribution is -2.18. The Labute approximate surface area is 110 Å². The van der Waals surface area contributed by atoms with Gasteiger partial charge in [0.25, 0.3) is 0 Å². The Morgan fingerprint density at radius 3 is 2.89 bits per heavy atom. The molecule has 0 radical (unpaired) electrons. The third-order valence-corrected chi connectivity index (χ3v) is 2.38. The van der Waals surface area contributed by atoms with E-state index in [1.54, 1.807) is 42.7 Å². The molecule has 0 aliphatic rings. The molecule has 1 aromatic heterocycles. The molecule has 2 rings (SSSR count). The number of nitrogens with zero attached hydrogens (tertiary/aromatic N) is 1. The van der Waals surface area contributed by atoms with Gasteiger partial charge in [-0.2, -0.15) is 5.26 Å². The topological polar surface area (TPSA) is 75.3 Å². The molecule has 0 aliphatic heterocycles. The number of ether oxygens (including phenoxy) is 1. The number of benzene rings is 1. The summed E-state index contributed by atoms with van der Waals surface area (Å²) in [7, 11) is 0.